The van der Waals surface area contributed by atoms with Crippen molar-refractivity contribution in [3.8, 4) is 0 Å². The van der Waals surface area contributed by atoms with Crippen molar-refractivity contribution in [2.24, 2.45) is 0 Å². The van der Waals surface area contributed by atoms with Crippen molar-refractivity contribution in [2.75, 3.05) is 19.6 Å². The summed E-state index contributed by atoms with van der Waals surface area (Å²) >= 11 is 5.60. The zero-order valence-corrected chi connectivity index (χ0v) is 11.6. The molecule has 0 aliphatic rings. The van der Waals surface area contributed by atoms with Crippen LogP contribution in [-0.4, -0.2) is 31.5 Å². The molecule has 0 saturated carbocycles. The molecule has 1 rings (SSSR count). The van der Waals surface area contributed by atoms with Crippen LogP contribution in [0.1, 0.15) is 22.3 Å². The summed E-state index contributed by atoms with van der Waals surface area (Å²) in [6, 6.07) is 3.77. The first-order valence-electron chi connectivity index (χ1n) is 5.91. The second-order valence-electron chi connectivity index (χ2n) is 4.18. The molecule has 0 spiro atoms. The molecule has 7 heteroatoms. The number of carbonyl (C=O) groups is 1. The third-order valence-electron chi connectivity index (χ3n) is 2.64. The van der Waals surface area contributed by atoms with Gasteiger partial charge in [0.05, 0.1) is 18.2 Å². The van der Waals surface area contributed by atoms with Gasteiger partial charge in [0.1, 0.15) is 0 Å². The van der Waals surface area contributed by atoms with Crippen molar-refractivity contribution >= 4 is 17.5 Å². The smallest absolute Gasteiger partial charge is 0.383 e. The van der Waals surface area contributed by atoms with Crippen molar-refractivity contribution in [2.45, 2.75) is 18.6 Å². The molecule has 20 heavy (non-hydrogen) atoms. The lowest BCUT2D eigenvalue weighted by Crippen LogP contribution is -2.38. The molecule has 1 amide bonds. The van der Waals surface area contributed by atoms with Gasteiger partial charge in [-0.25, -0.2) is 0 Å². The highest BCUT2D eigenvalue weighted by atomic mass is 35.5. The summed E-state index contributed by atoms with van der Waals surface area (Å²) in [6.07, 6.45) is -3.89. The molecule has 1 aromatic rings. The Kier molecular flexibility index (Phi) is 6.29. The molecule has 0 heterocycles. The number of halogens is 4. The third kappa shape index (κ3) is 5.02. The van der Waals surface area contributed by atoms with E-state index in [1.54, 1.807) is 0 Å². The molecule has 3 nitrogen and oxygen atoms in total. The van der Waals surface area contributed by atoms with Crippen LogP contribution in [0.15, 0.2) is 24.3 Å². The quantitative estimate of drug-likeness (QED) is 0.820. The van der Waals surface area contributed by atoms with Crippen molar-refractivity contribution in [3.05, 3.63) is 35.4 Å². The minimum Gasteiger partial charge on any atom is -0.383 e. The van der Waals surface area contributed by atoms with Crippen molar-refractivity contribution in [3.63, 3.8) is 0 Å². The Morgan fingerprint density at radius 3 is 2.40 bits per heavy atom. The zero-order valence-electron chi connectivity index (χ0n) is 10.8. The molecule has 0 aliphatic carbocycles. The molecule has 0 fully saturated rings. The number of hydrogen-bond donors (Lipinski definition) is 1. The molecule has 0 bridgehead atoms. The van der Waals surface area contributed by atoms with Crippen LogP contribution in [0.2, 0.25) is 0 Å². The number of amides is 1. The van der Waals surface area contributed by atoms with Gasteiger partial charge in [0, 0.05) is 18.6 Å². The first-order chi connectivity index (χ1) is 9.38. The summed E-state index contributed by atoms with van der Waals surface area (Å²) in [5.41, 5.74) is -0.628. The van der Waals surface area contributed by atoms with E-state index in [0.717, 1.165) is 24.3 Å². The van der Waals surface area contributed by atoms with E-state index in [1.807, 2.05) is 0 Å². The van der Waals surface area contributed by atoms with Gasteiger partial charge in [-0.1, -0.05) is 0 Å². The van der Waals surface area contributed by atoms with E-state index in [9.17, 15) is 18.0 Å². The number of nitrogens with one attached hydrogen (secondary N) is 1. The first kappa shape index (κ1) is 16.8. The van der Waals surface area contributed by atoms with Gasteiger partial charge in [-0.15, -0.1) is 11.6 Å². The van der Waals surface area contributed by atoms with E-state index in [2.05, 4.69) is 5.32 Å². The number of carbonyl (C=O) groups excluding carboxylic acids is 1. The zero-order chi connectivity index (χ0) is 15.2. The van der Waals surface area contributed by atoms with E-state index in [0.29, 0.717) is 18.9 Å². The van der Waals surface area contributed by atoms with Crippen molar-refractivity contribution in [1.82, 2.24) is 5.32 Å². The van der Waals surface area contributed by atoms with Crippen LogP contribution in [-0.2, 0) is 10.9 Å². The SMILES string of the molecule is COCC(CCCl)NC(=O)c1ccc(C(F)(F)F)cc1. The minimum absolute atomic E-state index is 0.161. The maximum absolute atomic E-state index is 12.4. The summed E-state index contributed by atoms with van der Waals surface area (Å²) in [5, 5.41) is 2.66. The molecular weight excluding hydrogens is 295 g/mol. The Morgan fingerprint density at radius 2 is 1.95 bits per heavy atom. The van der Waals surface area contributed by atoms with Crippen LogP contribution in [0.3, 0.4) is 0 Å². The van der Waals surface area contributed by atoms with Gasteiger partial charge in [-0.2, -0.15) is 13.2 Å². The number of methoxy groups -OCH3 is 1. The van der Waals surface area contributed by atoms with Crippen LogP contribution in [0, 0.1) is 0 Å². The first-order valence-corrected chi connectivity index (χ1v) is 6.45. The van der Waals surface area contributed by atoms with Gasteiger partial charge in [-0.05, 0) is 30.7 Å². The lowest BCUT2D eigenvalue weighted by Gasteiger charge is -2.17. The van der Waals surface area contributed by atoms with Crippen molar-refractivity contribution in [1.29, 1.82) is 0 Å². The summed E-state index contributed by atoms with van der Waals surface area (Å²) in [5.74, 6) is -0.104. The Hall–Kier alpha value is -1.27. The topological polar surface area (TPSA) is 38.3 Å². The highest BCUT2D eigenvalue weighted by molar-refractivity contribution is 6.17. The predicted molar refractivity (Wildman–Crippen MR) is 69.9 cm³/mol. The van der Waals surface area contributed by atoms with Crippen molar-refractivity contribution < 1.29 is 22.7 Å². The third-order valence-corrected chi connectivity index (χ3v) is 2.85. The number of alkyl halides is 4. The lowest BCUT2D eigenvalue weighted by atomic mass is 10.1. The Bertz CT molecular complexity index is 428. The van der Waals surface area contributed by atoms with Crippen LogP contribution >= 0.6 is 11.6 Å². The highest BCUT2D eigenvalue weighted by Crippen LogP contribution is 2.29. The summed E-state index contributed by atoms with van der Waals surface area (Å²) in [4.78, 5) is 11.9. The van der Waals surface area contributed by atoms with Crippen LogP contribution < -0.4 is 5.32 Å². The van der Waals surface area contributed by atoms with Crippen LogP contribution in [0.4, 0.5) is 13.2 Å². The second kappa shape index (κ2) is 7.50. The Labute approximate surface area is 120 Å². The van der Waals surface area contributed by atoms with Gasteiger partial charge < -0.3 is 10.1 Å². The minimum atomic E-state index is -4.41. The molecule has 112 valence electrons. The molecule has 1 atom stereocenters. The molecule has 1 N–H and O–H groups in total. The summed E-state index contributed by atoms with van der Waals surface area (Å²) in [7, 11) is 1.49. The summed E-state index contributed by atoms with van der Waals surface area (Å²) in [6.45, 7) is 0.291. The molecule has 0 aromatic heterocycles. The van der Waals surface area contributed by atoms with E-state index in [4.69, 9.17) is 16.3 Å². The fraction of sp³-hybridized carbons (Fsp3) is 0.462. The molecule has 1 unspecified atom stereocenters. The summed E-state index contributed by atoms with van der Waals surface area (Å²) < 4.78 is 42.1. The monoisotopic (exact) mass is 309 g/mol. The molecular formula is C13H15ClF3NO2. The van der Waals surface area contributed by atoms with Gasteiger partial charge in [0.25, 0.3) is 5.91 Å². The van der Waals surface area contributed by atoms with E-state index in [1.165, 1.54) is 7.11 Å². The Balaban J connectivity index is 2.72. The maximum atomic E-state index is 12.4. The molecule has 0 radical (unpaired) electrons. The molecule has 1 aromatic carbocycles. The van der Waals surface area contributed by atoms with Gasteiger partial charge in [0.2, 0.25) is 0 Å². The normalized spacial score (nSPS) is 13.1. The predicted octanol–water partition coefficient (Wildman–Crippen LogP) is 3.08. The maximum Gasteiger partial charge on any atom is 0.416 e. The van der Waals surface area contributed by atoms with E-state index in [-0.39, 0.29) is 11.6 Å². The lowest BCUT2D eigenvalue weighted by molar-refractivity contribution is -0.137. The average Bonchev–Trinajstić information content (AvgIpc) is 2.38. The van der Waals surface area contributed by atoms with Gasteiger partial charge in [0.15, 0.2) is 0 Å². The van der Waals surface area contributed by atoms with Gasteiger partial charge >= 0.3 is 6.18 Å². The van der Waals surface area contributed by atoms with E-state index >= 15 is 0 Å². The van der Waals surface area contributed by atoms with Crippen LogP contribution in [0.25, 0.3) is 0 Å². The largest absolute Gasteiger partial charge is 0.416 e. The highest BCUT2D eigenvalue weighted by Gasteiger charge is 2.30. The van der Waals surface area contributed by atoms with Gasteiger partial charge in [-0.3, -0.25) is 4.79 Å². The number of ether oxygens (including phenoxy) is 1. The number of hydrogen-bond acceptors (Lipinski definition) is 2. The number of benzene rings is 1. The second-order valence-corrected chi connectivity index (χ2v) is 4.56. The Morgan fingerprint density at radius 1 is 1.35 bits per heavy atom. The molecule has 0 aliphatic heterocycles. The standard InChI is InChI=1S/C13H15ClF3NO2/c1-20-8-11(6-7-14)18-12(19)9-2-4-10(5-3-9)13(15,16)17/h2-5,11H,6-8H2,1H3,(H,18,19). The molecule has 0 saturated heterocycles. The fourth-order valence-electron chi connectivity index (χ4n) is 1.61. The average molecular weight is 310 g/mol. The fourth-order valence-corrected chi connectivity index (χ4v) is 1.87. The number of rotatable bonds is 6. The van der Waals surface area contributed by atoms with E-state index < -0.39 is 17.6 Å². The van der Waals surface area contributed by atoms with Crippen LogP contribution in [0.5, 0.6) is 0 Å².